The maximum atomic E-state index is 12.9. The van der Waals surface area contributed by atoms with Gasteiger partial charge in [-0.25, -0.2) is 0 Å². The molecule has 5 nitrogen and oxygen atoms in total. The van der Waals surface area contributed by atoms with Crippen molar-refractivity contribution in [2.24, 2.45) is 11.7 Å². The predicted octanol–water partition coefficient (Wildman–Crippen LogP) is 1.72. The summed E-state index contributed by atoms with van der Waals surface area (Å²) < 4.78 is 7.08. The lowest BCUT2D eigenvalue weighted by atomic mass is 10.0. The molecule has 0 saturated heterocycles. The first-order valence-corrected chi connectivity index (χ1v) is 7.88. The van der Waals surface area contributed by atoms with Crippen molar-refractivity contribution >= 4 is 5.91 Å². The number of amides is 1. The van der Waals surface area contributed by atoms with Gasteiger partial charge in [0.05, 0.1) is 6.61 Å². The topological polar surface area (TPSA) is 60.5 Å². The van der Waals surface area contributed by atoms with Crippen molar-refractivity contribution in [3.05, 3.63) is 24.0 Å². The number of nitrogens with zero attached hydrogens (tertiary/aromatic N) is 2. The van der Waals surface area contributed by atoms with E-state index in [0.29, 0.717) is 31.7 Å². The Labute approximate surface area is 127 Å². The van der Waals surface area contributed by atoms with E-state index in [2.05, 4.69) is 0 Å². The van der Waals surface area contributed by atoms with Gasteiger partial charge >= 0.3 is 0 Å². The van der Waals surface area contributed by atoms with Gasteiger partial charge in [0.1, 0.15) is 5.69 Å². The number of hydrogen-bond acceptors (Lipinski definition) is 3. The molecule has 21 heavy (non-hydrogen) atoms. The molecule has 0 spiro atoms. The maximum absolute atomic E-state index is 12.9. The Morgan fingerprint density at radius 1 is 1.52 bits per heavy atom. The number of aromatic nitrogens is 1. The molecule has 0 bridgehead atoms. The summed E-state index contributed by atoms with van der Waals surface area (Å²) in [5, 5.41) is 0. The summed E-state index contributed by atoms with van der Waals surface area (Å²) in [6.45, 7) is 4.75. The van der Waals surface area contributed by atoms with Gasteiger partial charge in [-0.15, -0.1) is 0 Å². The van der Waals surface area contributed by atoms with Crippen LogP contribution in [0.1, 0.15) is 36.7 Å². The normalized spacial score (nSPS) is 21.7. The Morgan fingerprint density at radius 2 is 2.33 bits per heavy atom. The summed E-state index contributed by atoms with van der Waals surface area (Å²) >= 11 is 0. The molecule has 0 radical (unpaired) electrons. The molecule has 1 fully saturated rings. The highest BCUT2D eigenvalue weighted by Crippen LogP contribution is 2.30. The second kappa shape index (κ2) is 7.61. The third-order valence-corrected chi connectivity index (χ3v) is 4.51. The van der Waals surface area contributed by atoms with Crippen LogP contribution >= 0.6 is 0 Å². The zero-order chi connectivity index (χ0) is 15.2. The zero-order valence-corrected chi connectivity index (χ0v) is 13.1. The fourth-order valence-electron chi connectivity index (χ4n) is 3.37. The lowest BCUT2D eigenvalue weighted by Gasteiger charge is -2.32. The van der Waals surface area contributed by atoms with Gasteiger partial charge in [-0.05, 0) is 44.4 Å². The Hall–Kier alpha value is -1.33. The van der Waals surface area contributed by atoms with Crippen LogP contribution in [0.2, 0.25) is 0 Å². The van der Waals surface area contributed by atoms with Crippen molar-refractivity contribution in [1.29, 1.82) is 0 Å². The van der Waals surface area contributed by atoms with E-state index < -0.39 is 0 Å². The molecule has 0 aromatic carbocycles. The molecule has 1 aromatic rings. The van der Waals surface area contributed by atoms with Gasteiger partial charge < -0.3 is 19.9 Å². The van der Waals surface area contributed by atoms with E-state index in [1.807, 2.05) is 34.7 Å². The summed E-state index contributed by atoms with van der Waals surface area (Å²) in [4.78, 5) is 14.9. The van der Waals surface area contributed by atoms with Crippen molar-refractivity contribution in [1.82, 2.24) is 9.47 Å². The number of rotatable bonds is 7. The van der Waals surface area contributed by atoms with Crippen LogP contribution in [0.15, 0.2) is 18.3 Å². The molecule has 1 saturated carbocycles. The SMILES string of the molecule is CCN(C(=O)c1cccn1CCOC)C1CCCC1CN. The molecule has 1 aliphatic rings. The predicted molar refractivity (Wildman–Crippen MR) is 83.2 cm³/mol. The lowest BCUT2D eigenvalue weighted by molar-refractivity contribution is 0.0638. The Balaban J connectivity index is 2.14. The Kier molecular flexibility index (Phi) is 5.82. The first kappa shape index (κ1) is 16.0. The number of nitrogens with two attached hydrogens (primary N) is 1. The van der Waals surface area contributed by atoms with Gasteiger partial charge in [0.2, 0.25) is 0 Å². The molecule has 2 N–H and O–H groups in total. The minimum absolute atomic E-state index is 0.115. The first-order valence-electron chi connectivity index (χ1n) is 7.88. The third kappa shape index (κ3) is 3.47. The minimum atomic E-state index is 0.115. The van der Waals surface area contributed by atoms with Crippen molar-refractivity contribution < 1.29 is 9.53 Å². The van der Waals surface area contributed by atoms with E-state index in [1.165, 1.54) is 6.42 Å². The largest absolute Gasteiger partial charge is 0.383 e. The van der Waals surface area contributed by atoms with E-state index in [0.717, 1.165) is 25.1 Å². The molecule has 2 rings (SSSR count). The number of ether oxygens (including phenoxy) is 1. The van der Waals surface area contributed by atoms with Gasteiger partial charge in [0, 0.05) is 32.4 Å². The third-order valence-electron chi connectivity index (χ3n) is 4.51. The van der Waals surface area contributed by atoms with Crippen molar-refractivity contribution in [2.45, 2.75) is 38.8 Å². The van der Waals surface area contributed by atoms with E-state index in [4.69, 9.17) is 10.5 Å². The molecule has 118 valence electrons. The smallest absolute Gasteiger partial charge is 0.270 e. The number of carbonyl (C=O) groups excluding carboxylic acids is 1. The van der Waals surface area contributed by atoms with Crippen LogP contribution in [0.3, 0.4) is 0 Å². The molecule has 1 aliphatic carbocycles. The second-order valence-corrected chi connectivity index (χ2v) is 5.66. The average molecular weight is 293 g/mol. The van der Waals surface area contributed by atoms with E-state index >= 15 is 0 Å². The summed E-state index contributed by atoms with van der Waals surface area (Å²) in [5.74, 6) is 0.556. The Morgan fingerprint density at radius 3 is 3.00 bits per heavy atom. The molecule has 1 aromatic heterocycles. The Bertz CT molecular complexity index is 458. The van der Waals surface area contributed by atoms with Crippen LogP contribution in [0.4, 0.5) is 0 Å². The molecule has 1 heterocycles. The summed E-state index contributed by atoms with van der Waals surface area (Å²) in [5.41, 5.74) is 6.62. The maximum Gasteiger partial charge on any atom is 0.270 e. The highest BCUT2D eigenvalue weighted by Gasteiger charge is 2.34. The summed E-state index contributed by atoms with van der Waals surface area (Å²) in [7, 11) is 1.67. The monoisotopic (exact) mass is 293 g/mol. The minimum Gasteiger partial charge on any atom is -0.383 e. The van der Waals surface area contributed by atoms with E-state index in [-0.39, 0.29) is 5.91 Å². The number of methoxy groups -OCH3 is 1. The van der Waals surface area contributed by atoms with Crippen LogP contribution in [0.5, 0.6) is 0 Å². The van der Waals surface area contributed by atoms with Crippen LogP contribution in [-0.4, -0.2) is 48.2 Å². The highest BCUT2D eigenvalue weighted by molar-refractivity contribution is 5.93. The van der Waals surface area contributed by atoms with Gasteiger partial charge in [-0.2, -0.15) is 0 Å². The van der Waals surface area contributed by atoms with Gasteiger partial charge in [0.25, 0.3) is 5.91 Å². The van der Waals surface area contributed by atoms with Crippen LogP contribution in [0.25, 0.3) is 0 Å². The van der Waals surface area contributed by atoms with Gasteiger partial charge in [0.15, 0.2) is 0 Å². The van der Waals surface area contributed by atoms with Gasteiger partial charge in [-0.1, -0.05) is 6.42 Å². The standard InChI is InChI=1S/C16H27N3O2/c1-3-19(14-7-4-6-13(14)12-17)16(20)15-8-5-9-18(15)10-11-21-2/h5,8-9,13-14H,3-4,6-7,10-12,17H2,1-2H3. The van der Waals surface area contributed by atoms with E-state index in [1.54, 1.807) is 7.11 Å². The van der Waals surface area contributed by atoms with Crippen LogP contribution in [-0.2, 0) is 11.3 Å². The summed E-state index contributed by atoms with van der Waals surface area (Å²) in [6.07, 6.45) is 5.31. The fraction of sp³-hybridized carbons (Fsp3) is 0.688. The molecular formula is C16H27N3O2. The van der Waals surface area contributed by atoms with Gasteiger partial charge in [-0.3, -0.25) is 4.79 Å². The highest BCUT2D eigenvalue weighted by atomic mass is 16.5. The molecule has 0 aliphatic heterocycles. The quantitative estimate of drug-likeness (QED) is 0.833. The zero-order valence-electron chi connectivity index (χ0n) is 13.1. The van der Waals surface area contributed by atoms with Crippen molar-refractivity contribution in [3.8, 4) is 0 Å². The molecule has 1 amide bonds. The second-order valence-electron chi connectivity index (χ2n) is 5.66. The van der Waals surface area contributed by atoms with Crippen molar-refractivity contribution in [2.75, 3.05) is 26.8 Å². The number of carbonyl (C=O) groups is 1. The van der Waals surface area contributed by atoms with Crippen molar-refractivity contribution in [3.63, 3.8) is 0 Å². The van der Waals surface area contributed by atoms with Crippen LogP contribution in [0, 0.1) is 5.92 Å². The average Bonchev–Trinajstić information content (AvgIpc) is 3.14. The number of hydrogen-bond donors (Lipinski definition) is 1. The summed E-state index contributed by atoms with van der Waals surface area (Å²) in [6, 6.07) is 4.11. The molecule has 2 unspecified atom stereocenters. The first-order chi connectivity index (χ1) is 10.2. The molecule has 2 atom stereocenters. The van der Waals surface area contributed by atoms with E-state index in [9.17, 15) is 4.79 Å². The molecular weight excluding hydrogens is 266 g/mol. The molecule has 5 heteroatoms. The van der Waals surface area contributed by atoms with Crippen LogP contribution < -0.4 is 5.73 Å². The fourth-order valence-corrected chi connectivity index (χ4v) is 3.37. The lowest BCUT2D eigenvalue weighted by Crippen LogP contribution is -2.44.